The minimum atomic E-state index is -0.313. The van der Waals surface area contributed by atoms with Gasteiger partial charge in [0.1, 0.15) is 11.5 Å². The molecule has 8 heteroatoms. The highest BCUT2D eigenvalue weighted by Gasteiger charge is 2.34. The van der Waals surface area contributed by atoms with Gasteiger partial charge in [-0.25, -0.2) is 9.18 Å². The topological polar surface area (TPSA) is 63.1 Å². The average molecular weight is 396 g/mol. The number of carbonyl (C=O) groups excluding carboxylic acids is 1. The van der Waals surface area contributed by atoms with Crippen molar-refractivity contribution in [1.82, 2.24) is 25.2 Å². The number of carbonyl (C=O) groups is 1. The molecule has 1 N–H and O–H groups in total. The van der Waals surface area contributed by atoms with Crippen LogP contribution in [0.4, 0.5) is 9.18 Å². The molecule has 1 aliphatic rings. The highest BCUT2D eigenvalue weighted by atomic mass is 79.9. The van der Waals surface area contributed by atoms with Crippen molar-refractivity contribution in [2.24, 2.45) is 13.0 Å². The molecule has 1 unspecified atom stereocenters. The van der Waals surface area contributed by atoms with E-state index < -0.39 is 0 Å². The Morgan fingerprint density at radius 2 is 2.25 bits per heavy atom. The zero-order valence-corrected chi connectivity index (χ0v) is 15.1. The molecule has 2 amide bonds. The van der Waals surface area contributed by atoms with Gasteiger partial charge in [0.25, 0.3) is 0 Å². The first-order chi connectivity index (χ1) is 11.4. The molecule has 1 aromatic carbocycles. The van der Waals surface area contributed by atoms with Crippen LogP contribution in [0.2, 0.25) is 0 Å². The lowest BCUT2D eigenvalue weighted by molar-refractivity contribution is 0.200. The Balaban J connectivity index is 1.69. The molecule has 1 atom stereocenters. The molecule has 0 radical (unpaired) electrons. The number of halogens is 2. The van der Waals surface area contributed by atoms with Gasteiger partial charge in [-0.2, -0.15) is 0 Å². The number of aryl methyl sites for hydroxylation is 1. The number of hydrogen-bond donors (Lipinski definition) is 1. The quantitative estimate of drug-likeness (QED) is 0.845. The highest BCUT2D eigenvalue weighted by molar-refractivity contribution is 9.10. The second-order valence-electron chi connectivity index (χ2n) is 6.21. The summed E-state index contributed by atoms with van der Waals surface area (Å²) in [5, 5.41) is 10.9. The third-order valence-electron chi connectivity index (χ3n) is 4.01. The summed E-state index contributed by atoms with van der Waals surface area (Å²) in [6.45, 7) is 0.365. The summed E-state index contributed by atoms with van der Waals surface area (Å²) >= 11 is 3.31. The first kappa shape index (κ1) is 16.9. The fourth-order valence-corrected chi connectivity index (χ4v) is 3.17. The number of nitrogens with one attached hydrogen (secondary N) is 1. The van der Waals surface area contributed by atoms with Gasteiger partial charge in [0.15, 0.2) is 0 Å². The molecule has 24 heavy (non-hydrogen) atoms. The van der Waals surface area contributed by atoms with Crippen LogP contribution in [0.3, 0.4) is 0 Å². The standard InChI is InChI=1S/C16H19BrFN5O/c1-22(8-14-9-23(2)21-20-14)16(24)19-15(10-3-4-10)11-5-12(17)7-13(18)6-11/h5-7,9-10,15H,3-4,8H2,1-2H3,(H,19,24). The van der Waals surface area contributed by atoms with Crippen LogP contribution < -0.4 is 5.32 Å². The number of rotatable bonds is 5. The van der Waals surface area contributed by atoms with Crippen molar-refractivity contribution >= 4 is 22.0 Å². The third kappa shape index (κ3) is 4.11. The summed E-state index contributed by atoms with van der Waals surface area (Å²) in [6, 6.07) is 4.35. The zero-order valence-electron chi connectivity index (χ0n) is 13.5. The number of benzene rings is 1. The summed E-state index contributed by atoms with van der Waals surface area (Å²) in [6.07, 6.45) is 3.84. The van der Waals surface area contributed by atoms with Crippen molar-refractivity contribution in [3.63, 3.8) is 0 Å². The fraction of sp³-hybridized carbons (Fsp3) is 0.438. The van der Waals surface area contributed by atoms with E-state index in [2.05, 4.69) is 31.6 Å². The van der Waals surface area contributed by atoms with Gasteiger partial charge < -0.3 is 10.2 Å². The first-order valence-electron chi connectivity index (χ1n) is 7.75. The first-order valence-corrected chi connectivity index (χ1v) is 8.54. The molecule has 1 aliphatic carbocycles. The molecule has 0 saturated heterocycles. The molecule has 0 spiro atoms. The molecule has 2 aromatic rings. The van der Waals surface area contributed by atoms with E-state index in [9.17, 15) is 9.18 Å². The summed E-state index contributed by atoms with van der Waals surface area (Å²) in [5.74, 6) is 0.0414. The Bertz CT molecular complexity index is 726. The number of aromatic nitrogens is 3. The van der Waals surface area contributed by atoms with Gasteiger partial charge in [0.05, 0.1) is 12.6 Å². The maximum Gasteiger partial charge on any atom is 0.317 e. The number of hydrogen-bond acceptors (Lipinski definition) is 3. The molecular formula is C16H19BrFN5O. The molecule has 128 valence electrons. The Kier molecular flexibility index (Phi) is 4.84. The maximum atomic E-state index is 13.7. The molecule has 0 bridgehead atoms. The Morgan fingerprint density at radius 3 is 2.83 bits per heavy atom. The Hall–Kier alpha value is -1.96. The predicted octanol–water partition coefficient (Wildman–Crippen LogP) is 3.01. The molecule has 1 heterocycles. The van der Waals surface area contributed by atoms with Crippen LogP contribution in [0.5, 0.6) is 0 Å². The van der Waals surface area contributed by atoms with Crippen molar-refractivity contribution in [1.29, 1.82) is 0 Å². The van der Waals surface area contributed by atoms with Gasteiger partial charge >= 0.3 is 6.03 Å². The van der Waals surface area contributed by atoms with Gasteiger partial charge in [-0.05, 0) is 42.5 Å². The van der Waals surface area contributed by atoms with Crippen LogP contribution in [0, 0.1) is 11.7 Å². The fourth-order valence-electron chi connectivity index (χ4n) is 2.68. The summed E-state index contributed by atoms with van der Waals surface area (Å²) in [4.78, 5) is 14.0. The van der Waals surface area contributed by atoms with Crippen LogP contribution in [0.25, 0.3) is 0 Å². The van der Waals surface area contributed by atoms with Gasteiger partial charge in [-0.15, -0.1) is 5.10 Å². The van der Waals surface area contributed by atoms with E-state index >= 15 is 0 Å². The van der Waals surface area contributed by atoms with Crippen LogP contribution in [0.15, 0.2) is 28.9 Å². The molecule has 0 aliphatic heterocycles. The lowest BCUT2D eigenvalue weighted by Crippen LogP contribution is -2.39. The Morgan fingerprint density at radius 1 is 1.50 bits per heavy atom. The van der Waals surface area contributed by atoms with Crippen molar-refractivity contribution in [2.45, 2.75) is 25.4 Å². The number of nitrogens with zero attached hydrogens (tertiary/aromatic N) is 4. The van der Waals surface area contributed by atoms with Gasteiger partial charge in [0.2, 0.25) is 0 Å². The average Bonchev–Trinajstić information content (AvgIpc) is 3.26. The summed E-state index contributed by atoms with van der Waals surface area (Å²) < 4.78 is 16.0. The van der Waals surface area contributed by atoms with Crippen molar-refractivity contribution in [3.05, 3.63) is 45.9 Å². The minimum absolute atomic E-state index is 0.186. The monoisotopic (exact) mass is 395 g/mol. The molecule has 1 aromatic heterocycles. The van der Waals surface area contributed by atoms with E-state index in [0.717, 1.165) is 18.4 Å². The van der Waals surface area contributed by atoms with Crippen molar-refractivity contribution in [2.75, 3.05) is 7.05 Å². The van der Waals surface area contributed by atoms with E-state index in [-0.39, 0.29) is 17.9 Å². The SMILES string of the molecule is CN(Cc1cn(C)nn1)C(=O)NC(c1cc(F)cc(Br)c1)C1CC1. The minimum Gasteiger partial charge on any atom is -0.331 e. The van der Waals surface area contributed by atoms with Crippen LogP contribution in [-0.2, 0) is 13.6 Å². The molecule has 1 fully saturated rings. The smallest absolute Gasteiger partial charge is 0.317 e. The van der Waals surface area contributed by atoms with Gasteiger partial charge in [0, 0.05) is 24.8 Å². The molecular weight excluding hydrogens is 377 g/mol. The molecule has 1 saturated carbocycles. The van der Waals surface area contributed by atoms with Crippen molar-refractivity contribution < 1.29 is 9.18 Å². The van der Waals surface area contributed by atoms with Crippen LogP contribution in [-0.4, -0.2) is 33.0 Å². The number of amides is 2. The molecule has 6 nitrogen and oxygen atoms in total. The lowest BCUT2D eigenvalue weighted by Gasteiger charge is -2.23. The highest BCUT2D eigenvalue weighted by Crippen LogP contribution is 2.41. The van der Waals surface area contributed by atoms with Gasteiger partial charge in [-0.3, -0.25) is 4.68 Å². The van der Waals surface area contributed by atoms with Crippen molar-refractivity contribution in [3.8, 4) is 0 Å². The summed E-state index contributed by atoms with van der Waals surface area (Å²) in [5.41, 5.74) is 1.50. The maximum absolute atomic E-state index is 13.7. The van der Waals surface area contributed by atoms with E-state index in [1.807, 2.05) is 6.07 Å². The largest absolute Gasteiger partial charge is 0.331 e. The van der Waals surface area contributed by atoms with E-state index in [4.69, 9.17) is 0 Å². The summed E-state index contributed by atoms with van der Waals surface area (Å²) in [7, 11) is 3.48. The second kappa shape index (κ2) is 6.88. The second-order valence-corrected chi connectivity index (χ2v) is 7.12. The normalized spacial score (nSPS) is 15.2. The Labute approximate surface area is 148 Å². The predicted molar refractivity (Wildman–Crippen MR) is 90.6 cm³/mol. The van der Waals surface area contributed by atoms with E-state index in [0.29, 0.717) is 22.6 Å². The van der Waals surface area contributed by atoms with Crippen LogP contribution in [0.1, 0.15) is 30.1 Å². The number of urea groups is 1. The third-order valence-corrected chi connectivity index (χ3v) is 4.47. The zero-order chi connectivity index (χ0) is 17.3. The molecule has 3 rings (SSSR count). The van der Waals surface area contributed by atoms with E-state index in [1.165, 1.54) is 12.1 Å². The van der Waals surface area contributed by atoms with Gasteiger partial charge in [-0.1, -0.05) is 21.1 Å². The van der Waals surface area contributed by atoms with Crippen LogP contribution >= 0.6 is 15.9 Å². The van der Waals surface area contributed by atoms with E-state index in [1.54, 1.807) is 29.9 Å². The lowest BCUT2D eigenvalue weighted by atomic mass is 10.0.